The molecule has 1 atom stereocenters. The maximum atomic E-state index is 12.6. The summed E-state index contributed by atoms with van der Waals surface area (Å²) < 4.78 is 5.44. The van der Waals surface area contributed by atoms with Gasteiger partial charge in [0.05, 0.1) is 25.4 Å². The van der Waals surface area contributed by atoms with Gasteiger partial charge in [-0.2, -0.15) is 0 Å². The number of halogens is 1. The second kappa shape index (κ2) is 9.03. The van der Waals surface area contributed by atoms with E-state index < -0.39 is 0 Å². The Morgan fingerprint density at radius 2 is 2.00 bits per heavy atom. The number of hydrogen-bond donors (Lipinski definition) is 1. The van der Waals surface area contributed by atoms with Crippen LogP contribution in [0.25, 0.3) is 0 Å². The van der Waals surface area contributed by atoms with Gasteiger partial charge in [0.25, 0.3) is 0 Å². The maximum Gasteiger partial charge on any atom is 0.234 e. The van der Waals surface area contributed by atoms with Gasteiger partial charge in [-0.05, 0) is 48.2 Å². The first-order chi connectivity index (χ1) is 12.6. The van der Waals surface area contributed by atoms with Gasteiger partial charge in [-0.25, -0.2) is 0 Å². The van der Waals surface area contributed by atoms with Crippen LogP contribution < -0.4 is 5.32 Å². The zero-order valence-corrected chi connectivity index (χ0v) is 16.1. The maximum absolute atomic E-state index is 12.6. The first kappa shape index (κ1) is 18.7. The summed E-state index contributed by atoms with van der Waals surface area (Å²) in [5.41, 5.74) is 1.03. The Morgan fingerprint density at radius 3 is 2.65 bits per heavy atom. The van der Waals surface area contributed by atoms with Crippen LogP contribution in [0, 0.1) is 0 Å². The smallest absolute Gasteiger partial charge is 0.234 e. The van der Waals surface area contributed by atoms with E-state index in [0.717, 1.165) is 11.3 Å². The SMILES string of the molecule is C[C@@H](NC(=O)CN(Cc1ccco1)Cc1cccs1)c1ccc(Cl)cc1. The summed E-state index contributed by atoms with van der Waals surface area (Å²) in [5.74, 6) is 0.829. The van der Waals surface area contributed by atoms with Crippen LogP contribution in [-0.2, 0) is 17.9 Å². The van der Waals surface area contributed by atoms with E-state index in [-0.39, 0.29) is 11.9 Å². The lowest BCUT2D eigenvalue weighted by atomic mass is 10.1. The van der Waals surface area contributed by atoms with Crippen molar-refractivity contribution in [1.82, 2.24) is 10.2 Å². The summed E-state index contributed by atoms with van der Waals surface area (Å²) in [6, 6.07) is 15.3. The second-order valence-corrected chi connectivity index (χ2v) is 7.61. The van der Waals surface area contributed by atoms with Gasteiger partial charge in [-0.1, -0.05) is 29.8 Å². The van der Waals surface area contributed by atoms with E-state index in [2.05, 4.69) is 16.3 Å². The van der Waals surface area contributed by atoms with Gasteiger partial charge in [0, 0.05) is 16.4 Å². The van der Waals surface area contributed by atoms with Gasteiger partial charge >= 0.3 is 0 Å². The molecule has 0 unspecified atom stereocenters. The number of rotatable bonds is 8. The van der Waals surface area contributed by atoms with Crippen LogP contribution in [-0.4, -0.2) is 17.4 Å². The van der Waals surface area contributed by atoms with Crippen molar-refractivity contribution >= 4 is 28.8 Å². The number of nitrogens with zero attached hydrogens (tertiary/aromatic N) is 1. The molecular weight excluding hydrogens is 368 g/mol. The lowest BCUT2D eigenvalue weighted by molar-refractivity contribution is -0.123. The topological polar surface area (TPSA) is 45.5 Å². The van der Waals surface area contributed by atoms with Crippen molar-refractivity contribution in [2.75, 3.05) is 6.54 Å². The van der Waals surface area contributed by atoms with Crippen molar-refractivity contribution in [3.05, 3.63) is 81.4 Å². The van der Waals surface area contributed by atoms with Crippen LogP contribution in [0.1, 0.15) is 29.2 Å². The van der Waals surface area contributed by atoms with E-state index in [0.29, 0.717) is 24.7 Å². The Hall–Kier alpha value is -2.08. The summed E-state index contributed by atoms with van der Waals surface area (Å²) in [6.07, 6.45) is 1.65. The van der Waals surface area contributed by atoms with Crippen molar-refractivity contribution in [2.45, 2.75) is 26.1 Å². The molecule has 2 heterocycles. The van der Waals surface area contributed by atoms with Crippen molar-refractivity contribution in [3.63, 3.8) is 0 Å². The third kappa shape index (κ3) is 5.46. The second-order valence-electron chi connectivity index (χ2n) is 6.14. The third-order valence-corrected chi connectivity index (χ3v) is 5.15. The first-order valence-electron chi connectivity index (χ1n) is 8.42. The van der Waals surface area contributed by atoms with Crippen LogP contribution in [0.15, 0.2) is 64.6 Å². The zero-order valence-electron chi connectivity index (χ0n) is 14.5. The fraction of sp³-hybridized carbons (Fsp3) is 0.250. The molecule has 2 aromatic heterocycles. The highest BCUT2D eigenvalue weighted by Gasteiger charge is 2.16. The lowest BCUT2D eigenvalue weighted by Crippen LogP contribution is -2.37. The molecule has 0 spiro atoms. The van der Waals surface area contributed by atoms with Crippen LogP contribution in [0.4, 0.5) is 0 Å². The summed E-state index contributed by atoms with van der Waals surface area (Å²) in [4.78, 5) is 15.9. The summed E-state index contributed by atoms with van der Waals surface area (Å²) in [6.45, 7) is 3.57. The minimum absolute atomic E-state index is 0.0180. The Balaban J connectivity index is 1.61. The van der Waals surface area contributed by atoms with Crippen LogP contribution in [0.3, 0.4) is 0 Å². The Labute approximate surface area is 162 Å². The first-order valence-corrected chi connectivity index (χ1v) is 9.68. The monoisotopic (exact) mass is 388 g/mol. The fourth-order valence-electron chi connectivity index (χ4n) is 2.74. The van der Waals surface area contributed by atoms with Crippen molar-refractivity contribution in [1.29, 1.82) is 0 Å². The normalized spacial score (nSPS) is 12.3. The van der Waals surface area contributed by atoms with Gasteiger partial charge < -0.3 is 9.73 Å². The van der Waals surface area contributed by atoms with Crippen LogP contribution in [0.5, 0.6) is 0 Å². The Bertz CT molecular complexity index is 765. The highest BCUT2D eigenvalue weighted by molar-refractivity contribution is 7.09. The average molecular weight is 389 g/mol. The number of furan rings is 1. The lowest BCUT2D eigenvalue weighted by Gasteiger charge is -2.22. The molecule has 136 valence electrons. The van der Waals surface area contributed by atoms with Gasteiger partial charge in [-0.3, -0.25) is 9.69 Å². The average Bonchev–Trinajstić information content (AvgIpc) is 3.29. The number of thiophene rings is 1. The molecule has 26 heavy (non-hydrogen) atoms. The predicted octanol–water partition coefficient (Wildman–Crippen LogP) is 4.87. The van der Waals surface area contributed by atoms with Gasteiger partial charge in [0.15, 0.2) is 0 Å². The highest BCUT2D eigenvalue weighted by atomic mass is 35.5. The van der Waals surface area contributed by atoms with E-state index >= 15 is 0 Å². The van der Waals surface area contributed by atoms with Gasteiger partial charge in [0.1, 0.15) is 5.76 Å². The van der Waals surface area contributed by atoms with Crippen molar-refractivity contribution < 1.29 is 9.21 Å². The Morgan fingerprint density at radius 1 is 1.19 bits per heavy atom. The van der Waals surface area contributed by atoms with Crippen molar-refractivity contribution in [3.8, 4) is 0 Å². The molecule has 3 rings (SSSR count). The van der Waals surface area contributed by atoms with E-state index in [1.54, 1.807) is 17.6 Å². The van der Waals surface area contributed by atoms with Crippen LogP contribution in [0.2, 0.25) is 5.02 Å². The van der Waals surface area contributed by atoms with Gasteiger partial charge in [0.2, 0.25) is 5.91 Å². The molecule has 0 saturated heterocycles. The molecule has 0 radical (unpaired) electrons. The van der Waals surface area contributed by atoms with E-state index in [9.17, 15) is 4.79 Å². The number of nitrogens with one attached hydrogen (secondary N) is 1. The highest BCUT2D eigenvalue weighted by Crippen LogP contribution is 2.17. The number of benzene rings is 1. The Kier molecular flexibility index (Phi) is 6.50. The molecular formula is C20H21ClN2O2S. The molecule has 0 aliphatic carbocycles. The molecule has 0 fully saturated rings. The molecule has 3 aromatic rings. The minimum atomic E-state index is -0.0769. The number of carbonyl (C=O) groups excluding carboxylic acids is 1. The molecule has 0 aliphatic rings. The summed E-state index contributed by atoms with van der Waals surface area (Å²) in [7, 11) is 0. The fourth-order valence-corrected chi connectivity index (χ4v) is 3.61. The molecule has 6 heteroatoms. The zero-order chi connectivity index (χ0) is 18.4. The quantitative estimate of drug-likeness (QED) is 0.598. The third-order valence-electron chi connectivity index (χ3n) is 4.03. The van der Waals surface area contributed by atoms with E-state index in [4.69, 9.17) is 16.0 Å². The largest absolute Gasteiger partial charge is 0.468 e. The van der Waals surface area contributed by atoms with Gasteiger partial charge in [-0.15, -0.1) is 11.3 Å². The predicted molar refractivity (Wildman–Crippen MR) is 105 cm³/mol. The minimum Gasteiger partial charge on any atom is -0.468 e. The number of hydrogen-bond acceptors (Lipinski definition) is 4. The molecule has 1 amide bonds. The number of carbonyl (C=O) groups is 1. The summed E-state index contributed by atoms with van der Waals surface area (Å²) >= 11 is 7.61. The molecule has 4 nitrogen and oxygen atoms in total. The van der Waals surface area contributed by atoms with E-state index in [1.165, 1.54) is 4.88 Å². The molecule has 1 aromatic carbocycles. The van der Waals surface area contributed by atoms with Crippen LogP contribution >= 0.6 is 22.9 Å². The molecule has 0 aliphatic heterocycles. The summed E-state index contributed by atoms with van der Waals surface area (Å²) in [5, 5.41) is 5.79. The molecule has 0 saturated carbocycles. The number of amides is 1. The molecule has 0 bridgehead atoms. The van der Waals surface area contributed by atoms with E-state index in [1.807, 2.05) is 54.8 Å². The molecule has 1 N–H and O–H groups in total. The van der Waals surface area contributed by atoms with Crippen molar-refractivity contribution in [2.24, 2.45) is 0 Å². The standard InChI is InChI=1S/C20H21ClN2O2S/c1-15(16-6-8-17(21)9-7-16)22-20(24)14-23(12-18-4-2-10-25-18)13-19-5-3-11-26-19/h2-11,15H,12-14H2,1H3,(H,22,24)/t15-/m1/s1.